The monoisotopic (exact) mass is 278 g/mol. The maximum Gasteiger partial charge on any atom is 0.127 e. The average molecular weight is 279 g/mol. The lowest BCUT2D eigenvalue weighted by Gasteiger charge is -2.18. The van der Waals surface area contributed by atoms with E-state index in [0.717, 1.165) is 11.3 Å². The van der Waals surface area contributed by atoms with Crippen LogP contribution in [0.2, 0.25) is 5.02 Å². The van der Waals surface area contributed by atoms with E-state index in [1.165, 1.54) is 6.07 Å². The highest BCUT2D eigenvalue weighted by atomic mass is 35.5. The fourth-order valence-corrected chi connectivity index (χ4v) is 2.26. The van der Waals surface area contributed by atoms with Crippen molar-refractivity contribution in [3.8, 4) is 0 Å². The molecule has 0 bridgehead atoms. The van der Waals surface area contributed by atoms with Crippen LogP contribution in [0.4, 0.5) is 4.39 Å². The van der Waals surface area contributed by atoms with E-state index in [4.69, 9.17) is 11.6 Å². The SMILES string of the molecule is CNC(Cc1ccc(Cl)cc1F)c1ncccc1C. The zero-order chi connectivity index (χ0) is 13.8. The van der Waals surface area contributed by atoms with Crippen molar-refractivity contribution in [1.29, 1.82) is 0 Å². The van der Waals surface area contributed by atoms with Crippen molar-refractivity contribution < 1.29 is 4.39 Å². The first kappa shape index (κ1) is 14.0. The van der Waals surface area contributed by atoms with Gasteiger partial charge in [-0.15, -0.1) is 0 Å². The summed E-state index contributed by atoms with van der Waals surface area (Å²) >= 11 is 5.76. The van der Waals surface area contributed by atoms with E-state index in [-0.39, 0.29) is 11.9 Å². The van der Waals surface area contributed by atoms with Gasteiger partial charge in [0.2, 0.25) is 0 Å². The number of nitrogens with zero attached hydrogens (tertiary/aromatic N) is 1. The third-order valence-corrected chi connectivity index (χ3v) is 3.40. The second-order valence-electron chi connectivity index (χ2n) is 4.49. The zero-order valence-electron chi connectivity index (χ0n) is 11.0. The molecular formula is C15H16ClFN2. The lowest BCUT2D eigenvalue weighted by molar-refractivity contribution is 0.542. The second kappa shape index (κ2) is 6.13. The van der Waals surface area contributed by atoms with Gasteiger partial charge in [-0.05, 0) is 49.7 Å². The predicted molar refractivity (Wildman–Crippen MR) is 75.9 cm³/mol. The van der Waals surface area contributed by atoms with Crippen molar-refractivity contribution in [3.63, 3.8) is 0 Å². The van der Waals surface area contributed by atoms with Crippen molar-refractivity contribution in [2.45, 2.75) is 19.4 Å². The lowest BCUT2D eigenvalue weighted by Crippen LogP contribution is -2.21. The Labute approximate surface area is 117 Å². The van der Waals surface area contributed by atoms with E-state index < -0.39 is 0 Å². The number of pyridine rings is 1. The number of benzene rings is 1. The van der Waals surface area contributed by atoms with Gasteiger partial charge in [-0.2, -0.15) is 0 Å². The fraction of sp³-hybridized carbons (Fsp3) is 0.267. The molecule has 2 rings (SSSR count). The largest absolute Gasteiger partial charge is 0.311 e. The summed E-state index contributed by atoms with van der Waals surface area (Å²) in [5.74, 6) is -0.277. The first-order chi connectivity index (χ1) is 9.11. The highest BCUT2D eigenvalue weighted by molar-refractivity contribution is 6.30. The van der Waals surface area contributed by atoms with Crippen molar-refractivity contribution in [2.75, 3.05) is 7.05 Å². The Morgan fingerprint density at radius 3 is 2.79 bits per heavy atom. The molecule has 1 N–H and O–H groups in total. The Bertz CT molecular complexity index is 572. The molecule has 1 aromatic heterocycles. The summed E-state index contributed by atoms with van der Waals surface area (Å²) < 4.78 is 13.8. The summed E-state index contributed by atoms with van der Waals surface area (Å²) in [5, 5.41) is 3.60. The smallest absolute Gasteiger partial charge is 0.127 e. The molecule has 0 fully saturated rings. The molecule has 100 valence electrons. The molecule has 0 aliphatic carbocycles. The molecule has 1 unspecified atom stereocenters. The van der Waals surface area contributed by atoms with Crippen LogP contribution in [0.3, 0.4) is 0 Å². The number of rotatable bonds is 4. The van der Waals surface area contributed by atoms with Crippen LogP contribution in [0, 0.1) is 12.7 Å². The Kier molecular flexibility index (Phi) is 4.51. The number of nitrogens with one attached hydrogen (secondary N) is 1. The van der Waals surface area contributed by atoms with Crippen LogP contribution >= 0.6 is 11.6 Å². The molecule has 1 atom stereocenters. The van der Waals surface area contributed by atoms with Gasteiger partial charge in [0.15, 0.2) is 0 Å². The molecule has 0 saturated carbocycles. The number of likely N-dealkylation sites (N-methyl/N-ethyl adjacent to an activating group) is 1. The van der Waals surface area contributed by atoms with Gasteiger partial charge >= 0.3 is 0 Å². The molecule has 1 heterocycles. The summed E-state index contributed by atoms with van der Waals surface area (Å²) in [6, 6.07) is 8.66. The molecule has 0 aliphatic rings. The highest BCUT2D eigenvalue weighted by Gasteiger charge is 2.15. The summed E-state index contributed by atoms with van der Waals surface area (Å²) in [5.41, 5.74) is 2.67. The molecular weight excluding hydrogens is 263 g/mol. The molecule has 4 heteroatoms. The summed E-state index contributed by atoms with van der Waals surface area (Å²) in [7, 11) is 1.85. The normalized spacial score (nSPS) is 12.4. The zero-order valence-corrected chi connectivity index (χ0v) is 11.7. The first-order valence-corrected chi connectivity index (χ1v) is 6.52. The molecule has 19 heavy (non-hydrogen) atoms. The molecule has 1 aromatic carbocycles. The van der Waals surface area contributed by atoms with Gasteiger partial charge < -0.3 is 5.32 Å². The molecule has 2 aromatic rings. The van der Waals surface area contributed by atoms with E-state index in [9.17, 15) is 4.39 Å². The predicted octanol–water partition coefficient (Wildman–Crippen LogP) is 3.69. The van der Waals surface area contributed by atoms with E-state index in [1.807, 2.05) is 26.1 Å². The van der Waals surface area contributed by atoms with Gasteiger partial charge in [0, 0.05) is 11.2 Å². The molecule has 0 spiro atoms. The van der Waals surface area contributed by atoms with Crippen LogP contribution in [0.5, 0.6) is 0 Å². The number of hydrogen-bond acceptors (Lipinski definition) is 2. The third-order valence-electron chi connectivity index (χ3n) is 3.17. The van der Waals surface area contributed by atoms with Gasteiger partial charge in [0.05, 0.1) is 11.7 Å². The Balaban J connectivity index is 2.27. The number of halogens is 2. The number of aromatic nitrogens is 1. The van der Waals surface area contributed by atoms with Crippen LogP contribution in [0.25, 0.3) is 0 Å². The Hall–Kier alpha value is -1.45. The summed E-state index contributed by atoms with van der Waals surface area (Å²) in [6.07, 6.45) is 2.29. The minimum Gasteiger partial charge on any atom is -0.311 e. The first-order valence-electron chi connectivity index (χ1n) is 6.14. The Morgan fingerprint density at radius 2 is 2.16 bits per heavy atom. The van der Waals surface area contributed by atoms with Crippen LogP contribution in [-0.4, -0.2) is 12.0 Å². The quantitative estimate of drug-likeness (QED) is 0.923. The van der Waals surface area contributed by atoms with Gasteiger partial charge in [0.25, 0.3) is 0 Å². The number of aryl methyl sites for hydroxylation is 1. The van der Waals surface area contributed by atoms with Crippen LogP contribution in [0.15, 0.2) is 36.5 Å². The minimum absolute atomic E-state index is 0.0168. The average Bonchev–Trinajstić information content (AvgIpc) is 2.39. The van der Waals surface area contributed by atoms with Crippen LogP contribution in [0.1, 0.15) is 22.9 Å². The minimum atomic E-state index is -0.277. The second-order valence-corrected chi connectivity index (χ2v) is 4.92. The van der Waals surface area contributed by atoms with Gasteiger partial charge in [-0.1, -0.05) is 23.7 Å². The molecule has 0 radical (unpaired) electrons. The standard InChI is InChI=1S/C15H16ClFN2/c1-10-4-3-7-19-15(10)14(18-2)8-11-5-6-12(16)9-13(11)17/h3-7,9,14,18H,8H2,1-2H3. The van der Waals surface area contributed by atoms with Crippen molar-refractivity contribution in [2.24, 2.45) is 0 Å². The van der Waals surface area contributed by atoms with Crippen molar-refractivity contribution in [3.05, 3.63) is 64.2 Å². The van der Waals surface area contributed by atoms with Crippen LogP contribution < -0.4 is 5.32 Å². The highest BCUT2D eigenvalue weighted by Crippen LogP contribution is 2.22. The fourth-order valence-electron chi connectivity index (χ4n) is 2.11. The van der Waals surface area contributed by atoms with E-state index >= 15 is 0 Å². The van der Waals surface area contributed by atoms with Crippen molar-refractivity contribution in [1.82, 2.24) is 10.3 Å². The maximum absolute atomic E-state index is 13.8. The maximum atomic E-state index is 13.8. The molecule has 0 saturated heterocycles. The Morgan fingerprint density at radius 1 is 1.37 bits per heavy atom. The van der Waals surface area contributed by atoms with Gasteiger partial charge in [0.1, 0.15) is 5.82 Å². The third kappa shape index (κ3) is 3.31. The van der Waals surface area contributed by atoms with E-state index in [0.29, 0.717) is 17.0 Å². The summed E-state index contributed by atoms with van der Waals surface area (Å²) in [6.45, 7) is 2.00. The van der Waals surface area contributed by atoms with Crippen molar-refractivity contribution >= 4 is 11.6 Å². The summed E-state index contributed by atoms with van der Waals surface area (Å²) in [4.78, 5) is 4.38. The number of hydrogen-bond donors (Lipinski definition) is 1. The lowest BCUT2D eigenvalue weighted by atomic mass is 10.00. The molecule has 0 aliphatic heterocycles. The van der Waals surface area contributed by atoms with Gasteiger partial charge in [-0.3, -0.25) is 4.98 Å². The van der Waals surface area contributed by atoms with E-state index in [2.05, 4.69) is 10.3 Å². The molecule has 0 amide bonds. The van der Waals surface area contributed by atoms with Gasteiger partial charge in [-0.25, -0.2) is 4.39 Å². The topological polar surface area (TPSA) is 24.9 Å². The van der Waals surface area contributed by atoms with E-state index in [1.54, 1.807) is 18.3 Å². The molecule has 2 nitrogen and oxygen atoms in total. The van der Waals surface area contributed by atoms with Crippen LogP contribution in [-0.2, 0) is 6.42 Å².